The van der Waals surface area contributed by atoms with Crippen molar-refractivity contribution in [3.8, 4) is 0 Å². The number of hydrogen-bond donors (Lipinski definition) is 2. The molecule has 3 nitrogen and oxygen atoms in total. The van der Waals surface area contributed by atoms with Crippen molar-refractivity contribution in [3.63, 3.8) is 0 Å². The van der Waals surface area contributed by atoms with E-state index in [0.717, 1.165) is 12.8 Å². The molecule has 1 rings (SSSR count). The third kappa shape index (κ3) is 14.9. The van der Waals surface area contributed by atoms with Gasteiger partial charge in [-0.15, -0.1) is 0 Å². The Labute approximate surface area is 213 Å². The summed E-state index contributed by atoms with van der Waals surface area (Å²) in [5.41, 5.74) is 4.73. The van der Waals surface area contributed by atoms with Crippen LogP contribution >= 0.6 is 0 Å². The molecular weight excluding hydrogens is 430 g/mol. The highest BCUT2D eigenvalue weighted by molar-refractivity contribution is 5.93. The van der Waals surface area contributed by atoms with Gasteiger partial charge in [-0.05, 0) is 64.4 Å². The monoisotopic (exact) mass is 475 g/mol. The molecule has 2 N–H and O–H groups in total. The Bertz CT molecular complexity index is 932. The van der Waals surface area contributed by atoms with Crippen LogP contribution in [-0.4, -0.2) is 23.7 Å². The maximum atomic E-state index is 11.9. The van der Waals surface area contributed by atoms with Crippen molar-refractivity contribution in [1.82, 2.24) is 5.32 Å². The summed E-state index contributed by atoms with van der Waals surface area (Å²) in [6, 6.07) is 10.5. The zero-order valence-electron chi connectivity index (χ0n) is 22.5. The van der Waals surface area contributed by atoms with Gasteiger partial charge in [0, 0.05) is 11.6 Å². The summed E-state index contributed by atoms with van der Waals surface area (Å²) in [7, 11) is 0. The first-order valence-corrected chi connectivity index (χ1v) is 12.7. The van der Waals surface area contributed by atoms with Gasteiger partial charge in [0.2, 0.25) is 5.91 Å². The van der Waals surface area contributed by atoms with Crippen LogP contribution in [0.2, 0.25) is 0 Å². The minimum absolute atomic E-state index is 0.0682. The molecule has 0 saturated carbocycles. The summed E-state index contributed by atoms with van der Waals surface area (Å²) in [5.74, 6) is 0.915. The SMILES string of the molecule is CC(/C=C/C=C/C=C/C=C(\C)C(=O)NC(C)CO)=C\C(C)C/C(C)=C/C(C)CCc1ccccc1. The molecule has 190 valence electrons. The van der Waals surface area contributed by atoms with Gasteiger partial charge in [-0.2, -0.15) is 0 Å². The number of carbonyl (C=O) groups excluding carboxylic acids is 1. The second kappa shape index (κ2) is 17.5. The van der Waals surface area contributed by atoms with Crippen molar-refractivity contribution in [2.24, 2.45) is 11.8 Å². The van der Waals surface area contributed by atoms with Crippen LogP contribution in [0, 0.1) is 11.8 Å². The van der Waals surface area contributed by atoms with Crippen LogP contribution in [0.25, 0.3) is 0 Å². The molecule has 0 heterocycles. The Hall–Kier alpha value is -2.91. The lowest BCUT2D eigenvalue weighted by molar-refractivity contribution is -0.118. The van der Waals surface area contributed by atoms with Crippen LogP contribution in [0.15, 0.2) is 102 Å². The summed E-state index contributed by atoms with van der Waals surface area (Å²) < 4.78 is 0. The molecule has 35 heavy (non-hydrogen) atoms. The Kier molecular flexibility index (Phi) is 15.1. The molecule has 1 aromatic rings. The van der Waals surface area contributed by atoms with Gasteiger partial charge in [-0.1, -0.05) is 110 Å². The van der Waals surface area contributed by atoms with E-state index in [1.54, 1.807) is 19.9 Å². The van der Waals surface area contributed by atoms with Crippen molar-refractivity contribution in [2.45, 2.75) is 66.8 Å². The van der Waals surface area contributed by atoms with Crippen LogP contribution in [0.5, 0.6) is 0 Å². The summed E-state index contributed by atoms with van der Waals surface area (Å²) in [6.45, 7) is 12.4. The number of nitrogens with one attached hydrogen (secondary N) is 1. The number of amides is 1. The minimum atomic E-state index is -0.243. The van der Waals surface area contributed by atoms with Gasteiger partial charge >= 0.3 is 0 Å². The van der Waals surface area contributed by atoms with Gasteiger partial charge < -0.3 is 10.4 Å². The number of aryl methyl sites for hydroxylation is 1. The van der Waals surface area contributed by atoms with E-state index in [2.05, 4.69) is 81.6 Å². The van der Waals surface area contributed by atoms with Crippen LogP contribution in [0.3, 0.4) is 0 Å². The lowest BCUT2D eigenvalue weighted by Gasteiger charge is -2.12. The Morgan fingerprint density at radius 2 is 1.57 bits per heavy atom. The summed E-state index contributed by atoms with van der Waals surface area (Å²) >= 11 is 0. The van der Waals surface area contributed by atoms with Crippen LogP contribution in [0.4, 0.5) is 0 Å². The fourth-order valence-electron chi connectivity index (χ4n) is 3.81. The molecule has 1 amide bonds. The first-order valence-electron chi connectivity index (χ1n) is 12.7. The molecule has 3 heteroatoms. The lowest BCUT2D eigenvalue weighted by atomic mass is 9.94. The van der Waals surface area contributed by atoms with Gasteiger partial charge in [0.15, 0.2) is 0 Å². The van der Waals surface area contributed by atoms with Crippen molar-refractivity contribution >= 4 is 5.91 Å². The Morgan fingerprint density at radius 3 is 2.26 bits per heavy atom. The van der Waals surface area contributed by atoms with E-state index in [1.807, 2.05) is 30.4 Å². The van der Waals surface area contributed by atoms with Gasteiger partial charge in [0.1, 0.15) is 0 Å². The van der Waals surface area contributed by atoms with Gasteiger partial charge in [0.05, 0.1) is 6.61 Å². The largest absolute Gasteiger partial charge is 0.394 e. The normalized spacial score (nSPS) is 16.3. The topological polar surface area (TPSA) is 49.3 Å². The minimum Gasteiger partial charge on any atom is -0.394 e. The third-order valence-corrected chi connectivity index (χ3v) is 5.65. The first kappa shape index (κ1) is 30.1. The van der Waals surface area contributed by atoms with E-state index < -0.39 is 0 Å². The van der Waals surface area contributed by atoms with Crippen molar-refractivity contribution in [1.29, 1.82) is 0 Å². The van der Waals surface area contributed by atoms with Crippen molar-refractivity contribution in [3.05, 3.63) is 107 Å². The molecular formula is C32H45NO2. The Morgan fingerprint density at radius 1 is 0.914 bits per heavy atom. The van der Waals surface area contributed by atoms with Crippen LogP contribution < -0.4 is 5.32 Å². The maximum Gasteiger partial charge on any atom is 0.247 e. The number of benzene rings is 1. The van der Waals surface area contributed by atoms with Crippen LogP contribution in [0.1, 0.15) is 59.9 Å². The predicted molar refractivity (Wildman–Crippen MR) is 151 cm³/mol. The van der Waals surface area contributed by atoms with E-state index in [4.69, 9.17) is 5.11 Å². The molecule has 3 unspecified atom stereocenters. The molecule has 3 atom stereocenters. The number of aliphatic hydroxyl groups excluding tert-OH is 1. The smallest absolute Gasteiger partial charge is 0.247 e. The molecule has 0 aliphatic carbocycles. The fourth-order valence-corrected chi connectivity index (χ4v) is 3.81. The van der Waals surface area contributed by atoms with Gasteiger partial charge in [-0.25, -0.2) is 0 Å². The van der Waals surface area contributed by atoms with E-state index in [1.165, 1.54) is 23.1 Å². The van der Waals surface area contributed by atoms with Crippen LogP contribution in [-0.2, 0) is 11.2 Å². The molecule has 0 radical (unpaired) electrons. The second-order valence-electron chi connectivity index (χ2n) is 9.64. The number of carbonyl (C=O) groups is 1. The van der Waals surface area contributed by atoms with Gasteiger partial charge in [-0.3, -0.25) is 4.79 Å². The number of hydrogen-bond acceptors (Lipinski definition) is 2. The third-order valence-electron chi connectivity index (χ3n) is 5.65. The zero-order valence-corrected chi connectivity index (χ0v) is 22.5. The predicted octanol–water partition coefficient (Wildman–Crippen LogP) is 7.29. The maximum absolute atomic E-state index is 11.9. The average Bonchev–Trinajstić information content (AvgIpc) is 2.82. The second-order valence-corrected chi connectivity index (χ2v) is 9.64. The molecule has 0 aliphatic rings. The van der Waals surface area contributed by atoms with E-state index in [0.29, 0.717) is 17.4 Å². The highest BCUT2D eigenvalue weighted by Gasteiger charge is 2.06. The van der Waals surface area contributed by atoms with Crippen molar-refractivity contribution < 1.29 is 9.90 Å². The molecule has 0 bridgehead atoms. The van der Waals surface area contributed by atoms with E-state index >= 15 is 0 Å². The molecule has 0 spiro atoms. The number of aliphatic hydroxyl groups is 1. The number of allylic oxidation sites excluding steroid dienone is 11. The summed E-state index contributed by atoms with van der Waals surface area (Å²) in [4.78, 5) is 11.9. The van der Waals surface area contributed by atoms with Crippen molar-refractivity contribution in [2.75, 3.05) is 6.61 Å². The lowest BCUT2D eigenvalue weighted by Crippen LogP contribution is -2.35. The Balaban J connectivity index is 2.44. The molecule has 0 saturated heterocycles. The number of rotatable bonds is 14. The highest BCUT2D eigenvalue weighted by Crippen LogP contribution is 2.19. The zero-order chi connectivity index (χ0) is 26.1. The molecule has 1 aromatic carbocycles. The summed E-state index contributed by atoms with van der Waals surface area (Å²) in [5, 5.41) is 11.7. The fraction of sp³-hybridized carbons (Fsp3) is 0.406. The molecule has 0 fully saturated rings. The quantitative estimate of drug-likeness (QED) is 0.169. The van der Waals surface area contributed by atoms with E-state index in [-0.39, 0.29) is 18.6 Å². The summed E-state index contributed by atoms with van der Waals surface area (Å²) in [6.07, 6.45) is 21.7. The van der Waals surface area contributed by atoms with Gasteiger partial charge in [0.25, 0.3) is 0 Å². The standard InChI is InChI=1S/C32H45NO2/c1-25(15-11-8-7-9-12-16-29(5)32(35)33-30(6)24-34)21-27(3)23-28(4)22-26(2)19-20-31-17-13-10-14-18-31/h7-18,21-22,26-27,30,34H,19-20,23-24H2,1-6H3,(H,33,35)/b8-7+,12-9+,15-11+,25-21+,28-22+,29-16+. The molecule has 0 aromatic heterocycles. The first-order chi connectivity index (χ1) is 16.7. The highest BCUT2D eigenvalue weighted by atomic mass is 16.3. The average molecular weight is 476 g/mol. The van der Waals surface area contributed by atoms with E-state index in [9.17, 15) is 4.79 Å². The molecule has 0 aliphatic heterocycles.